The Bertz CT molecular complexity index is 1020. The predicted molar refractivity (Wildman–Crippen MR) is 102 cm³/mol. The van der Waals surface area contributed by atoms with Gasteiger partial charge in [0.05, 0.1) is 6.54 Å². The van der Waals surface area contributed by atoms with Crippen molar-refractivity contribution in [3.8, 4) is 11.4 Å². The first kappa shape index (κ1) is 18.2. The van der Waals surface area contributed by atoms with Crippen LogP contribution in [0.3, 0.4) is 0 Å². The second-order valence-electron chi connectivity index (χ2n) is 6.99. The Hall–Kier alpha value is -3.22. The van der Waals surface area contributed by atoms with Crippen LogP contribution in [0.4, 0.5) is 4.39 Å². The van der Waals surface area contributed by atoms with Gasteiger partial charge >= 0.3 is 0 Å². The zero-order chi connectivity index (χ0) is 19.7. The Morgan fingerprint density at radius 2 is 1.89 bits per heavy atom. The molecule has 0 saturated carbocycles. The first-order valence-electron chi connectivity index (χ1n) is 9.26. The molecule has 0 saturated heterocycles. The van der Waals surface area contributed by atoms with E-state index >= 15 is 0 Å². The van der Waals surface area contributed by atoms with Gasteiger partial charge in [-0.05, 0) is 18.2 Å². The van der Waals surface area contributed by atoms with E-state index in [4.69, 9.17) is 4.74 Å². The molecule has 0 spiro atoms. The normalized spacial score (nSPS) is 13.8. The fourth-order valence-electron chi connectivity index (χ4n) is 3.23. The van der Waals surface area contributed by atoms with Crippen LogP contribution in [0, 0.1) is 5.82 Å². The average Bonchev–Trinajstić information content (AvgIpc) is 3.02. The maximum Gasteiger partial charge on any atom is 0.293 e. The minimum absolute atomic E-state index is 0.0261. The van der Waals surface area contributed by atoms with E-state index in [1.165, 1.54) is 10.7 Å². The van der Waals surface area contributed by atoms with Crippen molar-refractivity contribution >= 4 is 5.91 Å². The van der Waals surface area contributed by atoms with Crippen LogP contribution in [0.2, 0.25) is 0 Å². The average molecular weight is 380 g/mol. The molecule has 1 aliphatic rings. The van der Waals surface area contributed by atoms with Crippen molar-refractivity contribution < 1.29 is 13.9 Å². The van der Waals surface area contributed by atoms with E-state index in [0.29, 0.717) is 25.5 Å². The first-order valence-corrected chi connectivity index (χ1v) is 9.26. The van der Waals surface area contributed by atoms with Gasteiger partial charge in [0.25, 0.3) is 5.91 Å². The molecule has 1 aliphatic heterocycles. The molecule has 0 unspecified atom stereocenters. The SMILES string of the molecule is CC(C)c1nc(C(=O)N2CCOc3ccccc3C2)nn1-c1ccccc1F. The van der Waals surface area contributed by atoms with E-state index in [-0.39, 0.29) is 23.3 Å². The monoisotopic (exact) mass is 380 g/mol. The summed E-state index contributed by atoms with van der Waals surface area (Å²) in [5.41, 5.74) is 1.22. The third-order valence-corrected chi connectivity index (χ3v) is 4.66. The molecule has 7 heteroatoms. The summed E-state index contributed by atoms with van der Waals surface area (Å²) in [6.07, 6.45) is 0. The molecule has 4 rings (SSSR count). The predicted octanol–water partition coefficient (Wildman–Crippen LogP) is 3.56. The minimum Gasteiger partial charge on any atom is -0.491 e. The summed E-state index contributed by atoms with van der Waals surface area (Å²) in [6, 6.07) is 14.0. The number of carbonyl (C=O) groups excluding carboxylic acids is 1. The number of hydrogen-bond donors (Lipinski definition) is 0. The zero-order valence-corrected chi connectivity index (χ0v) is 15.8. The van der Waals surface area contributed by atoms with Crippen LogP contribution in [-0.2, 0) is 6.54 Å². The molecule has 1 amide bonds. The molecule has 2 heterocycles. The number of ether oxygens (including phenoxy) is 1. The minimum atomic E-state index is -0.412. The molecule has 144 valence electrons. The van der Waals surface area contributed by atoms with Crippen molar-refractivity contribution in [3.63, 3.8) is 0 Å². The summed E-state index contributed by atoms with van der Waals surface area (Å²) < 4.78 is 21.5. The molecule has 2 aromatic carbocycles. The van der Waals surface area contributed by atoms with Crippen molar-refractivity contribution in [3.05, 3.63) is 71.6 Å². The van der Waals surface area contributed by atoms with Crippen LogP contribution >= 0.6 is 0 Å². The van der Waals surface area contributed by atoms with Gasteiger partial charge in [0.1, 0.15) is 29.7 Å². The van der Waals surface area contributed by atoms with E-state index in [9.17, 15) is 9.18 Å². The molecular formula is C21H21FN4O2. The molecule has 0 atom stereocenters. The van der Waals surface area contributed by atoms with Crippen molar-refractivity contribution in [1.29, 1.82) is 0 Å². The van der Waals surface area contributed by atoms with Gasteiger partial charge in [-0.25, -0.2) is 14.1 Å². The number of rotatable bonds is 3. The highest BCUT2D eigenvalue weighted by Gasteiger charge is 2.26. The summed E-state index contributed by atoms with van der Waals surface area (Å²) in [5, 5.41) is 4.36. The third-order valence-electron chi connectivity index (χ3n) is 4.66. The molecule has 1 aromatic heterocycles. The van der Waals surface area contributed by atoms with E-state index in [1.54, 1.807) is 23.1 Å². The number of hydrogen-bond acceptors (Lipinski definition) is 4. The summed E-state index contributed by atoms with van der Waals surface area (Å²) in [6.45, 7) is 5.12. The van der Waals surface area contributed by atoms with Crippen LogP contribution in [0.5, 0.6) is 5.75 Å². The quantitative estimate of drug-likeness (QED) is 0.697. The molecule has 0 fully saturated rings. The molecule has 28 heavy (non-hydrogen) atoms. The van der Waals surface area contributed by atoms with Gasteiger partial charge in [-0.2, -0.15) is 0 Å². The number of aromatic nitrogens is 3. The summed E-state index contributed by atoms with van der Waals surface area (Å²) in [5.74, 6) is 0.654. The molecule has 0 aliphatic carbocycles. The number of carbonyl (C=O) groups is 1. The maximum atomic E-state index is 14.3. The fraction of sp³-hybridized carbons (Fsp3) is 0.286. The summed E-state index contributed by atoms with van der Waals surface area (Å²) in [7, 11) is 0. The zero-order valence-electron chi connectivity index (χ0n) is 15.8. The van der Waals surface area contributed by atoms with Gasteiger partial charge in [0, 0.05) is 18.0 Å². The van der Waals surface area contributed by atoms with Crippen LogP contribution < -0.4 is 4.74 Å². The van der Waals surface area contributed by atoms with Gasteiger partial charge in [-0.3, -0.25) is 4.79 Å². The largest absolute Gasteiger partial charge is 0.491 e. The van der Waals surface area contributed by atoms with Crippen molar-refractivity contribution in [2.45, 2.75) is 26.3 Å². The van der Waals surface area contributed by atoms with E-state index < -0.39 is 5.82 Å². The molecule has 3 aromatic rings. The highest BCUT2D eigenvalue weighted by Crippen LogP contribution is 2.24. The Morgan fingerprint density at radius 3 is 2.68 bits per heavy atom. The Kier molecular flexibility index (Phi) is 4.81. The highest BCUT2D eigenvalue weighted by molar-refractivity contribution is 5.90. The van der Waals surface area contributed by atoms with Crippen LogP contribution in [-0.4, -0.2) is 38.7 Å². The molecule has 0 N–H and O–H groups in total. The number of nitrogens with zero attached hydrogens (tertiary/aromatic N) is 4. The number of para-hydroxylation sites is 2. The van der Waals surface area contributed by atoms with Crippen molar-refractivity contribution in [2.75, 3.05) is 13.2 Å². The van der Waals surface area contributed by atoms with E-state index in [1.807, 2.05) is 38.1 Å². The number of amides is 1. The number of benzene rings is 2. The lowest BCUT2D eigenvalue weighted by molar-refractivity contribution is 0.0721. The van der Waals surface area contributed by atoms with Crippen LogP contribution in [0.25, 0.3) is 5.69 Å². The Labute approximate surface area is 162 Å². The first-order chi connectivity index (χ1) is 13.5. The number of halogens is 1. The van der Waals surface area contributed by atoms with Gasteiger partial charge in [0.15, 0.2) is 0 Å². The van der Waals surface area contributed by atoms with Gasteiger partial charge in [-0.15, -0.1) is 5.10 Å². The van der Waals surface area contributed by atoms with Crippen LogP contribution in [0.15, 0.2) is 48.5 Å². The van der Waals surface area contributed by atoms with Crippen molar-refractivity contribution in [1.82, 2.24) is 19.7 Å². The maximum absolute atomic E-state index is 14.3. The molecule has 6 nitrogen and oxygen atoms in total. The highest BCUT2D eigenvalue weighted by atomic mass is 19.1. The third kappa shape index (κ3) is 3.35. The molecule has 0 radical (unpaired) electrons. The second kappa shape index (κ2) is 7.42. The smallest absolute Gasteiger partial charge is 0.293 e. The topological polar surface area (TPSA) is 60.3 Å². The fourth-order valence-corrected chi connectivity index (χ4v) is 3.23. The standard InChI is InChI=1S/C21H21FN4O2/c1-14(2)20-23-19(24-26(20)17-9-5-4-8-16(17)22)21(27)25-11-12-28-18-10-6-3-7-15(18)13-25/h3-10,14H,11-13H2,1-2H3. The van der Waals surface area contributed by atoms with Gasteiger partial charge in [-0.1, -0.05) is 44.2 Å². The molecule has 0 bridgehead atoms. The lowest BCUT2D eigenvalue weighted by Gasteiger charge is -2.17. The molecular weight excluding hydrogens is 359 g/mol. The van der Waals surface area contributed by atoms with Gasteiger partial charge < -0.3 is 9.64 Å². The van der Waals surface area contributed by atoms with E-state index in [2.05, 4.69) is 10.1 Å². The lowest BCUT2D eigenvalue weighted by Crippen LogP contribution is -2.33. The summed E-state index contributed by atoms with van der Waals surface area (Å²) in [4.78, 5) is 19.2. The lowest BCUT2D eigenvalue weighted by atomic mass is 10.2. The van der Waals surface area contributed by atoms with Gasteiger partial charge in [0.2, 0.25) is 5.82 Å². The number of fused-ring (bicyclic) bond motifs is 1. The Balaban J connectivity index is 1.69. The van der Waals surface area contributed by atoms with E-state index in [0.717, 1.165) is 11.3 Å². The second-order valence-corrected chi connectivity index (χ2v) is 6.99. The summed E-state index contributed by atoms with van der Waals surface area (Å²) >= 11 is 0. The van der Waals surface area contributed by atoms with Crippen LogP contribution in [0.1, 0.15) is 41.8 Å². The Morgan fingerprint density at radius 1 is 1.14 bits per heavy atom. The van der Waals surface area contributed by atoms with Crippen molar-refractivity contribution in [2.24, 2.45) is 0 Å².